The highest BCUT2D eigenvalue weighted by Gasteiger charge is 2.17. The third kappa shape index (κ3) is 6.15. The van der Waals surface area contributed by atoms with E-state index in [-0.39, 0.29) is 30.4 Å². The Kier molecular flexibility index (Phi) is 8.65. The van der Waals surface area contributed by atoms with Crippen molar-refractivity contribution in [1.82, 2.24) is 9.55 Å². The first-order valence-corrected chi connectivity index (χ1v) is 12.8. The minimum absolute atomic E-state index is 0.0000553. The van der Waals surface area contributed by atoms with E-state index in [1.165, 1.54) is 18.8 Å². The van der Waals surface area contributed by atoms with Crippen LogP contribution in [0.25, 0.3) is 10.9 Å². The molecular weight excluding hydrogens is 506 g/mol. The molecule has 196 valence electrons. The number of amides is 1. The van der Waals surface area contributed by atoms with Gasteiger partial charge in [0.15, 0.2) is 16.7 Å². The molecule has 0 radical (unpaired) electrons. The number of methoxy groups -OCH3 is 2. The van der Waals surface area contributed by atoms with Crippen molar-refractivity contribution in [3.8, 4) is 11.5 Å². The van der Waals surface area contributed by atoms with E-state index in [0.717, 1.165) is 17.3 Å². The van der Waals surface area contributed by atoms with Crippen molar-refractivity contribution in [2.75, 3.05) is 31.9 Å². The van der Waals surface area contributed by atoms with E-state index in [9.17, 15) is 14.4 Å². The summed E-state index contributed by atoms with van der Waals surface area (Å²) in [5, 5.41) is 3.55. The average Bonchev–Trinajstić information content (AvgIpc) is 2.94. The van der Waals surface area contributed by atoms with Crippen molar-refractivity contribution in [2.24, 2.45) is 0 Å². The van der Waals surface area contributed by atoms with Crippen LogP contribution in [0.2, 0.25) is 0 Å². The van der Waals surface area contributed by atoms with Gasteiger partial charge in [0.25, 0.3) is 11.5 Å². The molecule has 1 amide bonds. The van der Waals surface area contributed by atoms with Gasteiger partial charge in [0, 0.05) is 17.3 Å². The summed E-state index contributed by atoms with van der Waals surface area (Å²) in [6, 6.07) is 19.3. The van der Waals surface area contributed by atoms with Gasteiger partial charge in [0.2, 0.25) is 0 Å². The van der Waals surface area contributed by atoms with E-state index in [2.05, 4.69) is 10.3 Å². The molecule has 3 aromatic carbocycles. The molecule has 10 heteroatoms. The summed E-state index contributed by atoms with van der Waals surface area (Å²) in [6.07, 6.45) is 0. The van der Waals surface area contributed by atoms with Crippen molar-refractivity contribution >= 4 is 40.2 Å². The van der Waals surface area contributed by atoms with Gasteiger partial charge in [-0.15, -0.1) is 0 Å². The Balaban J connectivity index is 1.68. The van der Waals surface area contributed by atoms with Gasteiger partial charge >= 0.3 is 5.97 Å². The van der Waals surface area contributed by atoms with Crippen LogP contribution in [0.5, 0.6) is 11.5 Å². The van der Waals surface area contributed by atoms with Gasteiger partial charge in [-0.1, -0.05) is 42.1 Å². The molecular formula is C28H27N3O6S. The van der Waals surface area contributed by atoms with E-state index in [1.54, 1.807) is 43.3 Å². The molecule has 9 nitrogen and oxygen atoms in total. The van der Waals surface area contributed by atoms with E-state index in [4.69, 9.17) is 14.2 Å². The van der Waals surface area contributed by atoms with Crippen molar-refractivity contribution in [3.05, 3.63) is 88.2 Å². The Morgan fingerprint density at radius 1 is 0.974 bits per heavy atom. The molecule has 0 atom stereocenters. The molecule has 0 saturated heterocycles. The van der Waals surface area contributed by atoms with Crippen molar-refractivity contribution < 1.29 is 23.8 Å². The number of thioether (sulfide) groups is 1. The van der Waals surface area contributed by atoms with Crippen molar-refractivity contribution in [2.45, 2.75) is 18.6 Å². The zero-order chi connectivity index (χ0) is 27.1. The van der Waals surface area contributed by atoms with Gasteiger partial charge in [-0.2, -0.15) is 0 Å². The minimum atomic E-state index is -0.402. The van der Waals surface area contributed by atoms with Crippen LogP contribution in [-0.4, -0.2) is 48.0 Å². The first-order chi connectivity index (χ1) is 18.4. The van der Waals surface area contributed by atoms with Crippen LogP contribution in [0.15, 0.2) is 76.7 Å². The number of fused-ring (bicyclic) bond motifs is 1. The molecule has 38 heavy (non-hydrogen) atoms. The zero-order valence-electron chi connectivity index (χ0n) is 21.2. The number of anilines is 1. The number of benzene rings is 3. The molecule has 0 unspecified atom stereocenters. The lowest BCUT2D eigenvalue weighted by Crippen LogP contribution is -2.25. The van der Waals surface area contributed by atoms with Gasteiger partial charge in [-0.05, 0) is 42.8 Å². The van der Waals surface area contributed by atoms with Gasteiger partial charge in [0.05, 0.1) is 44.0 Å². The number of carbonyl (C=O) groups excluding carboxylic acids is 2. The fraction of sp³-hybridized carbons (Fsp3) is 0.214. The Morgan fingerprint density at radius 3 is 2.45 bits per heavy atom. The Bertz CT molecular complexity index is 1520. The first-order valence-electron chi connectivity index (χ1n) is 11.8. The number of rotatable bonds is 10. The predicted molar refractivity (Wildman–Crippen MR) is 146 cm³/mol. The predicted octanol–water partition coefficient (Wildman–Crippen LogP) is 4.37. The summed E-state index contributed by atoms with van der Waals surface area (Å²) in [6.45, 7) is 2.28. The van der Waals surface area contributed by atoms with Crippen molar-refractivity contribution in [3.63, 3.8) is 0 Å². The van der Waals surface area contributed by atoms with Gasteiger partial charge < -0.3 is 19.5 Å². The highest BCUT2D eigenvalue weighted by atomic mass is 32.2. The molecule has 0 spiro atoms. The molecule has 0 aliphatic heterocycles. The minimum Gasteiger partial charge on any atom is -0.493 e. The maximum Gasteiger partial charge on any atom is 0.316 e. The number of nitrogens with one attached hydrogen (secondary N) is 1. The fourth-order valence-corrected chi connectivity index (χ4v) is 4.60. The van der Waals surface area contributed by atoms with Gasteiger partial charge in [0.1, 0.15) is 0 Å². The maximum atomic E-state index is 13.5. The molecule has 4 aromatic rings. The normalized spacial score (nSPS) is 10.7. The number of carbonyl (C=O) groups is 2. The second kappa shape index (κ2) is 12.3. The van der Waals surface area contributed by atoms with Crippen LogP contribution in [0, 0.1) is 0 Å². The number of hydrogen-bond acceptors (Lipinski definition) is 8. The topological polar surface area (TPSA) is 109 Å². The fourth-order valence-electron chi connectivity index (χ4n) is 3.80. The number of hydrogen-bond donors (Lipinski definition) is 1. The Morgan fingerprint density at radius 2 is 1.74 bits per heavy atom. The highest BCUT2D eigenvalue weighted by molar-refractivity contribution is 7.99. The third-order valence-electron chi connectivity index (χ3n) is 5.63. The van der Waals surface area contributed by atoms with Crippen LogP contribution in [-0.2, 0) is 16.1 Å². The second-order valence-electron chi connectivity index (χ2n) is 8.12. The van der Waals surface area contributed by atoms with Crippen LogP contribution in [0.3, 0.4) is 0 Å². The molecule has 1 heterocycles. The number of ether oxygens (including phenoxy) is 3. The standard InChI is InChI=1S/C28H27N3O6S/c1-4-37-25(32)17-38-28-30-22-14-19(26(33)29-20-11-13-23(35-2)24(15-20)36-3)10-12-21(22)27(34)31(28)16-18-8-6-5-7-9-18/h5-15H,4,16-17H2,1-3H3,(H,29,33). The van der Waals surface area contributed by atoms with Gasteiger partial charge in [-0.25, -0.2) is 4.98 Å². The average molecular weight is 534 g/mol. The molecule has 4 rings (SSSR count). The summed E-state index contributed by atoms with van der Waals surface area (Å²) >= 11 is 1.12. The molecule has 1 aromatic heterocycles. The molecule has 0 aliphatic carbocycles. The highest BCUT2D eigenvalue weighted by Crippen LogP contribution is 2.30. The van der Waals surface area contributed by atoms with Crippen LogP contribution in [0.1, 0.15) is 22.8 Å². The second-order valence-corrected chi connectivity index (χ2v) is 9.06. The van der Waals surface area contributed by atoms with Crippen molar-refractivity contribution in [1.29, 1.82) is 0 Å². The summed E-state index contributed by atoms with van der Waals surface area (Å²) < 4.78 is 17.1. The van der Waals surface area contributed by atoms with E-state index < -0.39 is 5.97 Å². The number of nitrogens with zero attached hydrogens (tertiary/aromatic N) is 2. The van der Waals surface area contributed by atoms with Gasteiger partial charge in [-0.3, -0.25) is 19.0 Å². The number of esters is 1. The largest absolute Gasteiger partial charge is 0.493 e. The molecule has 0 aliphatic rings. The zero-order valence-corrected chi connectivity index (χ0v) is 22.0. The summed E-state index contributed by atoms with van der Waals surface area (Å²) in [4.78, 5) is 43.2. The molecule has 0 bridgehead atoms. The molecule has 0 fully saturated rings. The Labute approximate surface area is 223 Å². The van der Waals surface area contributed by atoms with Crippen LogP contribution in [0.4, 0.5) is 5.69 Å². The monoisotopic (exact) mass is 533 g/mol. The lowest BCUT2D eigenvalue weighted by molar-refractivity contribution is -0.139. The first kappa shape index (κ1) is 26.7. The van der Waals surface area contributed by atoms with E-state index in [1.807, 2.05) is 30.3 Å². The van der Waals surface area contributed by atoms with Crippen LogP contribution < -0.4 is 20.3 Å². The van der Waals surface area contributed by atoms with Crippen LogP contribution >= 0.6 is 11.8 Å². The third-order valence-corrected chi connectivity index (χ3v) is 6.58. The lowest BCUT2D eigenvalue weighted by atomic mass is 10.1. The SMILES string of the molecule is CCOC(=O)CSc1nc2cc(C(=O)Nc3ccc(OC)c(OC)c3)ccc2c(=O)n1Cc1ccccc1. The molecule has 1 N–H and O–H groups in total. The van der Waals surface area contributed by atoms with E-state index >= 15 is 0 Å². The summed E-state index contributed by atoms with van der Waals surface area (Å²) in [5.41, 5.74) is 1.84. The smallest absolute Gasteiger partial charge is 0.316 e. The Hall–Kier alpha value is -4.31. The molecule has 0 saturated carbocycles. The quantitative estimate of drug-likeness (QED) is 0.182. The summed E-state index contributed by atoms with van der Waals surface area (Å²) in [7, 11) is 3.05. The van der Waals surface area contributed by atoms with E-state index in [0.29, 0.717) is 38.8 Å². The summed E-state index contributed by atoms with van der Waals surface area (Å²) in [5.74, 6) is 0.240. The lowest BCUT2D eigenvalue weighted by Gasteiger charge is -2.14. The maximum absolute atomic E-state index is 13.5. The number of aromatic nitrogens is 2.